The molecule has 0 heterocycles. The lowest BCUT2D eigenvalue weighted by Crippen LogP contribution is -2.44. The van der Waals surface area contributed by atoms with E-state index in [0.717, 1.165) is 12.8 Å². The van der Waals surface area contributed by atoms with E-state index < -0.39 is 37.2 Å². The van der Waals surface area contributed by atoms with Gasteiger partial charge in [-0.25, -0.2) is 4.79 Å². The van der Waals surface area contributed by atoms with E-state index in [1.807, 2.05) is 12.2 Å². The topological polar surface area (TPSA) is 84.5 Å². The maximum Gasteiger partial charge on any atom is 0.405 e. The van der Waals surface area contributed by atoms with Gasteiger partial charge in [0.05, 0.1) is 6.42 Å². The van der Waals surface area contributed by atoms with Crippen molar-refractivity contribution < 1.29 is 32.3 Å². The number of urea groups is 1. The van der Waals surface area contributed by atoms with Gasteiger partial charge in [0.25, 0.3) is 5.91 Å². The van der Waals surface area contributed by atoms with E-state index in [-0.39, 0.29) is 12.3 Å². The highest BCUT2D eigenvalue weighted by molar-refractivity contribution is 5.95. The maximum atomic E-state index is 11.8. The van der Waals surface area contributed by atoms with Crippen LogP contribution in [0.3, 0.4) is 0 Å². The van der Waals surface area contributed by atoms with Crippen molar-refractivity contribution in [2.24, 2.45) is 5.92 Å². The second-order valence-electron chi connectivity index (χ2n) is 4.48. The quantitative estimate of drug-likeness (QED) is 0.592. The Morgan fingerprint density at radius 2 is 2.00 bits per heavy atom. The first-order valence-electron chi connectivity index (χ1n) is 6.23. The van der Waals surface area contributed by atoms with Gasteiger partial charge in [0, 0.05) is 0 Å². The number of allylic oxidation sites excluding steroid dienone is 2. The van der Waals surface area contributed by atoms with Gasteiger partial charge in [0.2, 0.25) is 0 Å². The highest BCUT2D eigenvalue weighted by Crippen LogP contribution is 2.20. The number of halogens is 3. The standard InChI is InChI=1S/C12H15F3N2O4/c13-12(14,15)7-16-11(20)17-9(18)6-21-10(19)5-8-3-1-2-4-8/h1,3,8H,2,4-7H2,(H2,16,17,18,20)/t8-/m0/s1. The molecule has 0 bridgehead atoms. The molecule has 0 saturated heterocycles. The van der Waals surface area contributed by atoms with Gasteiger partial charge in [0.15, 0.2) is 6.61 Å². The van der Waals surface area contributed by atoms with Gasteiger partial charge in [0.1, 0.15) is 6.54 Å². The van der Waals surface area contributed by atoms with Crippen LogP contribution in [0.5, 0.6) is 0 Å². The zero-order chi connectivity index (χ0) is 15.9. The molecule has 21 heavy (non-hydrogen) atoms. The van der Waals surface area contributed by atoms with E-state index in [9.17, 15) is 27.6 Å². The lowest BCUT2D eigenvalue weighted by Gasteiger charge is -2.10. The molecular formula is C12H15F3N2O4. The lowest BCUT2D eigenvalue weighted by molar-refractivity contribution is -0.148. The molecule has 1 rings (SSSR count). The monoisotopic (exact) mass is 308 g/mol. The van der Waals surface area contributed by atoms with Gasteiger partial charge in [-0.05, 0) is 18.8 Å². The Morgan fingerprint density at radius 3 is 2.57 bits per heavy atom. The number of carbonyl (C=O) groups is 3. The number of hydrogen-bond donors (Lipinski definition) is 2. The van der Waals surface area contributed by atoms with Gasteiger partial charge in [-0.2, -0.15) is 13.2 Å². The van der Waals surface area contributed by atoms with Crippen molar-refractivity contribution in [1.82, 2.24) is 10.6 Å². The predicted molar refractivity (Wildman–Crippen MR) is 65.0 cm³/mol. The first-order chi connectivity index (χ1) is 9.76. The molecule has 0 unspecified atom stereocenters. The zero-order valence-corrected chi connectivity index (χ0v) is 11.0. The largest absolute Gasteiger partial charge is 0.456 e. The molecule has 118 valence electrons. The van der Waals surface area contributed by atoms with Crippen molar-refractivity contribution >= 4 is 17.9 Å². The third kappa shape index (κ3) is 7.95. The summed E-state index contributed by atoms with van der Waals surface area (Å²) >= 11 is 0. The third-order valence-electron chi connectivity index (χ3n) is 2.61. The van der Waals surface area contributed by atoms with Crippen LogP contribution >= 0.6 is 0 Å². The molecule has 1 aliphatic rings. The molecule has 0 aromatic rings. The molecule has 1 atom stereocenters. The van der Waals surface area contributed by atoms with Crippen molar-refractivity contribution in [2.45, 2.75) is 25.4 Å². The van der Waals surface area contributed by atoms with Crippen LogP contribution in [-0.2, 0) is 14.3 Å². The van der Waals surface area contributed by atoms with Crippen LogP contribution in [0.2, 0.25) is 0 Å². The molecule has 0 aromatic carbocycles. The number of alkyl halides is 3. The fourth-order valence-corrected chi connectivity index (χ4v) is 1.67. The summed E-state index contributed by atoms with van der Waals surface area (Å²) in [7, 11) is 0. The van der Waals surface area contributed by atoms with E-state index in [0.29, 0.717) is 0 Å². The predicted octanol–water partition coefficient (Wildman–Crippen LogP) is 1.27. The van der Waals surface area contributed by atoms with E-state index in [1.165, 1.54) is 5.32 Å². The molecule has 6 nitrogen and oxygen atoms in total. The fraction of sp³-hybridized carbons (Fsp3) is 0.583. The molecule has 0 aromatic heterocycles. The van der Waals surface area contributed by atoms with Crippen LogP contribution in [-0.4, -0.2) is 37.2 Å². The van der Waals surface area contributed by atoms with Crippen molar-refractivity contribution in [3.8, 4) is 0 Å². The summed E-state index contributed by atoms with van der Waals surface area (Å²) in [6.07, 6.45) is 1.10. The van der Waals surface area contributed by atoms with Crippen LogP contribution < -0.4 is 10.6 Å². The van der Waals surface area contributed by atoms with Gasteiger partial charge >= 0.3 is 18.2 Å². The van der Waals surface area contributed by atoms with Crippen molar-refractivity contribution in [3.63, 3.8) is 0 Å². The summed E-state index contributed by atoms with van der Waals surface area (Å²) in [5.74, 6) is -1.52. The summed E-state index contributed by atoms with van der Waals surface area (Å²) in [6.45, 7) is -2.27. The van der Waals surface area contributed by atoms with Crippen LogP contribution in [0.15, 0.2) is 12.2 Å². The Kier molecular flexibility index (Phi) is 6.19. The van der Waals surface area contributed by atoms with Gasteiger partial charge in [-0.1, -0.05) is 12.2 Å². The number of hydrogen-bond acceptors (Lipinski definition) is 4. The maximum absolute atomic E-state index is 11.8. The first-order valence-corrected chi connectivity index (χ1v) is 6.23. The average molecular weight is 308 g/mol. The minimum atomic E-state index is -4.57. The molecule has 9 heteroatoms. The van der Waals surface area contributed by atoms with Crippen molar-refractivity contribution in [1.29, 1.82) is 0 Å². The SMILES string of the molecule is O=C(COC(=O)C[C@H]1C=CCC1)NC(=O)NCC(F)(F)F. The van der Waals surface area contributed by atoms with Crippen LogP contribution in [0.4, 0.5) is 18.0 Å². The number of esters is 1. The zero-order valence-electron chi connectivity index (χ0n) is 11.0. The first kappa shape index (κ1) is 17.0. The van der Waals surface area contributed by atoms with E-state index >= 15 is 0 Å². The normalized spacial score (nSPS) is 17.4. The van der Waals surface area contributed by atoms with Gasteiger partial charge in [-0.3, -0.25) is 14.9 Å². The molecule has 2 N–H and O–H groups in total. The number of ether oxygens (including phenoxy) is 1. The highest BCUT2D eigenvalue weighted by atomic mass is 19.4. The molecule has 0 spiro atoms. The number of nitrogens with one attached hydrogen (secondary N) is 2. The van der Waals surface area contributed by atoms with E-state index in [4.69, 9.17) is 0 Å². The second-order valence-corrected chi connectivity index (χ2v) is 4.48. The smallest absolute Gasteiger partial charge is 0.405 e. The summed E-state index contributed by atoms with van der Waals surface area (Å²) in [5, 5.41) is 3.08. The minimum Gasteiger partial charge on any atom is -0.456 e. The average Bonchev–Trinajstić information content (AvgIpc) is 2.86. The Labute approximate surface area is 118 Å². The second kappa shape index (κ2) is 7.65. The number of carbonyl (C=O) groups excluding carboxylic acids is 3. The molecule has 0 aliphatic heterocycles. The minimum absolute atomic E-state index is 0.0793. The van der Waals surface area contributed by atoms with E-state index in [1.54, 1.807) is 5.32 Å². The number of amides is 3. The molecule has 0 saturated carbocycles. The Bertz CT molecular complexity index is 435. The fourth-order valence-electron chi connectivity index (χ4n) is 1.67. The Hall–Kier alpha value is -2.06. The number of imide groups is 1. The van der Waals surface area contributed by atoms with Gasteiger partial charge in [-0.15, -0.1) is 0 Å². The Balaban J connectivity index is 2.16. The highest BCUT2D eigenvalue weighted by Gasteiger charge is 2.28. The van der Waals surface area contributed by atoms with Crippen molar-refractivity contribution in [3.05, 3.63) is 12.2 Å². The van der Waals surface area contributed by atoms with Crippen molar-refractivity contribution in [2.75, 3.05) is 13.2 Å². The summed E-state index contributed by atoms with van der Waals surface area (Å²) in [6, 6.07) is -1.30. The summed E-state index contributed by atoms with van der Waals surface area (Å²) in [4.78, 5) is 33.5. The van der Waals surface area contributed by atoms with Crippen LogP contribution in [0.1, 0.15) is 19.3 Å². The lowest BCUT2D eigenvalue weighted by atomic mass is 10.1. The van der Waals surface area contributed by atoms with Crippen LogP contribution in [0.25, 0.3) is 0 Å². The molecular weight excluding hydrogens is 293 g/mol. The van der Waals surface area contributed by atoms with E-state index in [2.05, 4.69) is 4.74 Å². The molecule has 1 aliphatic carbocycles. The van der Waals surface area contributed by atoms with Gasteiger partial charge < -0.3 is 10.1 Å². The third-order valence-corrected chi connectivity index (χ3v) is 2.61. The molecule has 0 radical (unpaired) electrons. The number of rotatable bonds is 5. The van der Waals surface area contributed by atoms with Crippen LogP contribution in [0, 0.1) is 5.92 Å². The summed E-state index contributed by atoms with van der Waals surface area (Å²) < 4.78 is 40.0. The Morgan fingerprint density at radius 1 is 1.29 bits per heavy atom. The molecule has 3 amide bonds. The molecule has 0 fully saturated rings. The summed E-state index contributed by atoms with van der Waals surface area (Å²) in [5.41, 5.74) is 0.